The minimum absolute atomic E-state index is 0.254. The maximum Gasteiger partial charge on any atom is 0.240 e. The van der Waals surface area contributed by atoms with Crippen LogP contribution in [0.4, 0.5) is 0 Å². The van der Waals surface area contributed by atoms with E-state index in [4.69, 9.17) is 4.74 Å². The van der Waals surface area contributed by atoms with Crippen molar-refractivity contribution >= 4 is 10.0 Å². The predicted octanol–water partition coefficient (Wildman–Crippen LogP) is 0.635. The number of aromatic nitrogens is 2. The van der Waals surface area contributed by atoms with Gasteiger partial charge < -0.3 is 10.1 Å². The van der Waals surface area contributed by atoms with Crippen molar-refractivity contribution in [1.29, 1.82) is 0 Å². The van der Waals surface area contributed by atoms with E-state index in [9.17, 15) is 8.42 Å². The summed E-state index contributed by atoms with van der Waals surface area (Å²) < 4.78 is 33.1. The Labute approximate surface area is 136 Å². The number of sulfonamides is 1. The summed E-state index contributed by atoms with van der Waals surface area (Å²) in [4.78, 5) is 0.254. The van der Waals surface area contributed by atoms with Crippen LogP contribution in [0.15, 0.2) is 41.6 Å². The van der Waals surface area contributed by atoms with E-state index in [1.807, 2.05) is 19.4 Å². The van der Waals surface area contributed by atoms with Crippen LogP contribution in [0.25, 0.3) is 0 Å². The zero-order valence-electron chi connectivity index (χ0n) is 13.3. The molecule has 0 aliphatic rings. The third-order valence-electron chi connectivity index (χ3n) is 3.25. The van der Waals surface area contributed by atoms with Crippen molar-refractivity contribution in [2.24, 2.45) is 7.05 Å². The molecule has 126 valence electrons. The second-order valence-electron chi connectivity index (χ2n) is 5.16. The predicted molar refractivity (Wildman–Crippen MR) is 87.3 cm³/mol. The number of nitrogens with one attached hydrogen (secondary N) is 2. The number of hydrogen-bond acceptors (Lipinski definition) is 5. The summed E-state index contributed by atoms with van der Waals surface area (Å²) in [6, 6.07) is 6.83. The third-order valence-corrected chi connectivity index (χ3v) is 4.73. The van der Waals surface area contributed by atoms with Gasteiger partial charge in [0.15, 0.2) is 0 Å². The fourth-order valence-electron chi connectivity index (χ4n) is 2.06. The largest absolute Gasteiger partial charge is 0.383 e. The highest BCUT2D eigenvalue weighted by Gasteiger charge is 2.12. The molecule has 1 aromatic carbocycles. The van der Waals surface area contributed by atoms with Crippen LogP contribution in [0.2, 0.25) is 0 Å². The van der Waals surface area contributed by atoms with E-state index in [1.165, 1.54) is 7.11 Å². The van der Waals surface area contributed by atoms with Crippen LogP contribution in [0.5, 0.6) is 0 Å². The molecular weight excluding hydrogens is 316 g/mol. The van der Waals surface area contributed by atoms with Crippen molar-refractivity contribution in [2.45, 2.75) is 18.0 Å². The molecule has 0 unspecified atom stereocenters. The van der Waals surface area contributed by atoms with Gasteiger partial charge in [-0.05, 0) is 17.7 Å². The van der Waals surface area contributed by atoms with Crippen LogP contribution in [0, 0.1) is 0 Å². The van der Waals surface area contributed by atoms with Crippen molar-refractivity contribution in [3.8, 4) is 0 Å². The van der Waals surface area contributed by atoms with Gasteiger partial charge in [0.1, 0.15) is 0 Å². The summed E-state index contributed by atoms with van der Waals surface area (Å²) in [6.45, 7) is 1.97. The Hall–Kier alpha value is -1.74. The Morgan fingerprint density at radius 3 is 2.48 bits per heavy atom. The van der Waals surface area contributed by atoms with Crippen LogP contribution in [0.3, 0.4) is 0 Å². The molecular formula is C15H22N4O3S. The van der Waals surface area contributed by atoms with E-state index >= 15 is 0 Å². The van der Waals surface area contributed by atoms with Crippen molar-refractivity contribution in [3.05, 3.63) is 47.8 Å². The molecule has 2 rings (SSSR count). The Morgan fingerprint density at radius 1 is 1.17 bits per heavy atom. The first-order valence-corrected chi connectivity index (χ1v) is 8.75. The number of benzene rings is 1. The molecule has 0 aliphatic carbocycles. The number of aryl methyl sites for hydroxylation is 1. The molecule has 0 aliphatic heterocycles. The van der Waals surface area contributed by atoms with E-state index in [1.54, 1.807) is 28.9 Å². The number of ether oxygens (including phenoxy) is 1. The molecule has 0 saturated heterocycles. The molecule has 0 bridgehead atoms. The Kier molecular flexibility index (Phi) is 6.28. The van der Waals surface area contributed by atoms with E-state index in [0.29, 0.717) is 19.7 Å². The molecule has 0 radical (unpaired) electrons. The van der Waals surface area contributed by atoms with Gasteiger partial charge in [-0.3, -0.25) is 4.68 Å². The smallest absolute Gasteiger partial charge is 0.240 e. The van der Waals surface area contributed by atoms with Gasteiger partial charge in [-0.15, -0.1) is 0 Å². The third kappa shape index (κ3) is 5.43. The summed E-state index contributed by atoms with van der Waals surface area (Å²) in [5.74, 6) is 0. The van der Waals surface area contributed by atoms with Crippen LogP contribution in [-0.4, -0.2) is 38.5 Å². The van der Waals surface area contributed by atoms with Gasteiger partial charge in [-0.1, -0.05) is 12.1 Å². The van der Waals surface area contributed by atoms with Gasteiger partial charge in [-0.25, -0.2) is 13.1 Å². The Bertz CT molecular complexity index is 711. The fraction of sp³-hybridized carbons (Fsp3) is 0.400. The van der Waals surface area contributed by atoms with Crippen molar-refractivity contribution in [3.63, 3.8) is 0 Å². The Morgan fingerprint density at radius 2 is 1.87 bits per heavy atom. The standard InChI is InChI=1S/C15H22N4O3S/c1-19-12-14(11-17-19)10-16-9-13-3-5-15(6-4-13)23(20,21)18-7-8-22-2/h3-6,11-12,16,18H,7-10H2,1-2H3. The highest BCUT2D eigenvalue weighted by Crippen LogP contribution is 2.10. The number of methoxy groups -OCH3 is 1. The van der Waals surface area contributed by atoms with Gasteiger partial charge in [0.05, 0.1) is 17.7 Å². The second-order valence-corrected chi connectivity index (χ2v) is 6.93. The molecule has 1 aromatic heterocycles. The monoisotopic (exact) mass is 338 g/mol. The van der Waals surface area contributed by atoms with Crippen LogP contribution in [0.1, 0.15) is 11.1 Å². The average Bonchev–Trinajstić information content (AvgIpc) is 2.93. The van der Waals surface area contributed by atoms with E-state index in [-0.39, 0.29) is 11.4 Å². The number of rotatable bonds is 9. The van der Waals surface area contributed by atoms with Crippen LogP contribution in [-0.2, 0) is 34.9 Å². The van der Waals surface area contributed by atoms with Gasteiger partial charge >= 0.3 is 0 Å². The molecule has 0 spiro atoms. The SMILES string of the molecule is COCCNS(=O)(=O)c1ccc(CNCc2cnn(C)c2)cc1. The van der Waals surface area contributed by atoms with E-state index < -0.39 is 10.0 Å². The average molecular weight is 338 g/mol. The maximum atomic E-state index is 12.0. The summed E-state index contributed by atoms with van der Waals surface area (Å²) in [7, 11) is -0.0638. The molecule has 2 aromatic rings. The van der Waals surface area contributed by atoms with Crippen molar-refractivity contribution in [1.82, 2.24) is 19.8 Å². The zero-order chi connectivity index (χ0) is 16.7. The molecule has 7 nitrogen and oxygen atoms in total. The first-order valence-electron chi connectivity index (χ1n) is 7.27. The normalized spacial score (nSPS) is 11.7. The lowest BCUT2D eigenvalue weighted by molar-refractivity contribution is 0.204. The number of nitrogens with zero attached hydrogens (tertiary/aromatic N) is 2. The fourth-order valence-corrected chi connectivity index (χ4v) is 3.08. The molecule has 0 fully saturated rings. The second kappa shape index (κ2) is 8.21. The maximum absolute atomic E-state index is 12.0. The molecule has 8 heteroatoms. The van der Waals surface area contributed by atoms with Crippen molar-refractivity contribution in [2.75, 3.05) is 20.3 Å². The molecule has 0 amide bonds. The van der Waals surface area contributed by atoms with Gasteiger partial charge in [0.25, 0.3) is 0 Å². The van der Waals surface area contributed by atoms with E-state index in [0.717, 1.165) is 11.1 Å². The first kappa shape index (κ1) is 17.6. The minimum atomic E-state index is -3.47. The Balaban J connectivity index is 1.86. The molecule has 0 atom stereocenters. The summed E-state index contributed by atoms with van der Waals surface area (Å²) in [6.07, 6.45) is 3.77. The lowest BCUT2D eigenvalue weighted by Gasteiger charge is -2.08. The van der Waals surface area contributed by atoms with Crippen LogP contribution >= 0.6 is 0 Å². The molecule has 1 heterocycles. The molecule has 23 heavy (non-hydrogen) atoms. The highest BCUT2D eigenvalue weighted by molar-refractivity contribution is 7.89. The molecule has 0 saturated carbocycles. The summed E-state index contributed by atoms with van der Waals surface area (Å²) >= 11 is 0. The van der Waals surface area contributed by atoms with Crippen LogP contribution < -0.4 is 10.0 Å². The lowest BCUT2D eigenvalue weighted by Crippen LogP contribution is -2.27. The number of hydrogen-bond donors (Lipinski definition) is 2. The lowest BCUT2D eigenvalue weighted by atomic mass is 10.2. The van der Waals surface area contributed by atoms with E-state index in [2.05, 4.69) is 15.1 Å². The van der Waals surface area contributed by atoms with Crippen molar-refractivity contribution < 1.29 is 13.2 Å². The summed E-state index contributed by atoms with van der Waals surface area (Å²) in [5, 5.41) is 7.40. The summed E-state index contributed by atoms with van der Waals surface area (Å²) in [5.41, 5.74) is 2.12. The van der Waals surface area contributed by atoms with Gasteiger partial charge in [0.2, 0.25) is 10.0 Å². The van der Waals surface area contributed by atoms with Gasteiger partial charge in [-0.2, -0.15) is 5.10 Å². The topological polar surface area (TPSA) is 85.2 Å². The highest BCUT2D eigenvalue weighted by atomic mass is 32.2. The quantitative estimate of drug-likeness (QED) is 0.655. The zero-order valence-corrected chi connectivity index (χ0v) is 14.1. The molecule has 2 N–H and O–H groups in total. The first-order chi connectivity index (χ1) is 11.0. The minimum Gasteiger partial charge on any atom is -0.383 e. The van der Waals surface area contributed by atoms with Gasteiger partial charge in [0, 0.05) is 45.6 Å².